The lowest BCUT2D eigenvalue weighted by molar-refractivity contribution is 0.103. The van der Waals surface area contributed by atoms with Gasteiger partial charge in [-0.25, -0.2) is 8.42 Å². The molecule has 3 aromatic carbocycles. The molecule has 0 spiro atoms. The zero-order valence-electron chi connectivity index (χ0n) is 16.1. The minimum atomic E-state index is -3.82. The van der Waals surface area contributed by atoms with Crippen molar-refractivity contribution in [1.82, 2.24) is 0 Å². The van der Waals surface area contributed by atoms with Crippen molar-refractivity contribution in [2.24, 2.45) is 0 Å². The molecule has 4 nitrogen and oxygen atoms in total. The monoisotopic (exact) mass is 393 g/mol. The molecule has 0 fully saturated rings. The molecule has 0 saturated heterocycles. The van der Waals surface area contributed by atoms with Gasteiger partial charge in [0.25, 0.3) is 10.0 Å². The maximum Gasteiger partial charge on any atom is 0.261 e. The summed E-state index contributed by atoms with van der Waals surface area (Å²) in [4.78, 5) is 13.0. The normalized spacial score (nSPS) is 11.8. The molecule has 0 aliphatic carbocycles. The minimum Gasteiger partial charge on any atom is -0.289 e. The van der Waals surface area contributed by atoms with Gasteiger partial charge in [0.05, 0.1) is 10.6 Å². The lowest BCUT2D eigenvalue weighted by Gasteiger charge is -2.19. The van der Waals surface area contributed by atoms with Crippen LogP contribution in [0.4, 0.5) is 5.69 Å². The summed E-state index contributed by atoms with van der Waals surface area (Å²) in [5.41, 5.74) is 2.05. The number of nitrogens with one attached hydrogen (secondary N) is 1. The van der Waals surface area contributed by atoms with Crippen molar-refractivity contribution in [2.45, 2.75) is 31.1 Å². The van der Waals surface area contributed by atoms with Crippen molar-refractivity contribution in [1.29, 1.82) is 0 Å². The van der Waals surface area contributed by atoms with Crippen LogP contribution < -0.4 is 4.72 Å². The van der Waals surface area contributed by atoms with Gasteiger partial charge in [-0.3, -0.25) is 9.52 Å². The molecule has 3 rings (SSSR count). The lowest BCUT2D eigenvalue weighted by Crippen LogP contribution is -2.17. The van der Waals surface area contributed by atoms with Crippen LogP contribution in [0.5, 0.6) is 0 Å². The summed E-state index contributed by atoms with van der Waals surface area (Å²) in [7, 11) is -3.82. The van der Waals surface area contributed by atoms with E-state index in [4.69, 9.17) is 0 Å². The third kappa shape index (κ3) is 4.31. The van der Waals surface area contributed by atoms with Gasteiger partial charge in [0.1, 0.15) is 0 Å². The van der Waals surface area contributed by atoms with E-state index in [1.54, 1.807) is 60.7 Å². The Morgan fingerprint density at radius 2 is 1.36 bits per heavy atom. The van der Waals surface area contributed by atoms with Gasteiger partial charge < -0.3 is 0 Å². The maximum absolute atomic E-state index is 12.9. The van der Waals surface area contributed by atoms with Crippen LogP contribution in [-0.4, -0.2) is 14.2 Å². The summed E-state index contributed by atoms with van der Waals surface area (Å²) < 4.78 is 28.3. The van der Waals surface area contributed by atoms with Crippen molar-refractivity contribution < 1.29 is 13.2 Å². The molecule has 144 valence electrons. The topological polar surface area (TPSA) is 63.2 Å². The Hall–Kier alpha value is -2.92. The molecule has 1 N–H and O–H groups in total. The number of hydrogen-bond acceptors (Lipinski definition) is 3. The Kier molecular flexibility index (Phi) is 5.38. The standard InChI is InChI=1S/C23H23NO3S/c1-23(2,3)18-13-15-19(16-14-18)28(26,27)24-21-12-8-7-11-20(21)22(25)17-9-5-4-6-10-17/h4-16,24H,1-3H3. The predicted octanol–water partition coefficient (Wildman–Crippen LogP) is 5.02. The summed E-state index contributed by atoms with van der Waals surface area (Å²) >= 11 is 0. The molecule has 3 aromatic rings. The largest absolute Gasteiger partial charge is 0.289 e. The Morgan fingerprint density at radius 1 is 0.786 bits per heavy atom. The lowest BCUT2D eigenvalue weighted by atomic mass is 9.87. The molecule has 0 amide bonds. The van der Waals surface area contributed by atoms with Crippen molar-refractivity contribution in [3.05, 3.63) is 95.6 Å². The van der Waals surface area contributed by atoms with Crippen LogP contribution in [0, 0.1) is 0 Å². The average Bonchev–Trinajstić information content (AvgIpc) is 2.68. The van der Waals surface area contributed by atoms with Crippen LogP contribution in [0.2, 0.25) is 0 Å². The van der Waals surface area contributed by atoms with Gasteiger partial charge in [-0.1, -0.05) is 75.4 Å². The molecule has 5 heteroatoms. The van der Waals surface area contributed by atoms with E-state index in [1.165, 1.54) is 0 Å². The van der Waals surface area contributed by atoms with Crippen LogP contribution in [0.25, 0.3) is 0 Å². The Morgan fingerprint density at radius 3 is 1.96 bits per heavy atom. The summed E-state index contributed by atoms with van der Waals surface area (Å²) in [5, 5.41) is 0. The first-order valence-corrected chi connectivity index (χ1v) is 10.5. The second-order valence-corrected chi connectivity index (χ2v) is 9.30. The third-order valence-corrected chi connectivity index (χ3v) is 5.86. The molecule has 0 heterocycles. The molecule has 0 radical (unpaired) electrons. The fourth-order valence-electron chi connectivity index (χ4n) is 2.85. The summed E-state index contributed by atoms with van der Waals surface area (Å²) in [5.74, 6) is -0.234. The van der Waals surface area contributed by atoms with Crippen LogP contribution in [0.15, 0.2) is 83.8 Å². The first-order chi connectivity index (χ1) is 13.2. The van der Waals surface area contributed by atoms with E-state index in [2.05, 4.69) is 25.5 Å². The van der Waals surface area contributed by atoms with Gasteiger partial charge in [-0.2, -0.15) is 0 Å². The number of sulfonamides is 1. The zero-order chi connectivity index (χ0) is 20.4. The quantitative estimate of drug-likeness (QED) is 0.619. The van der Waals surface area contributed by atoms with Crippen LogP contribution in [-0.2, 0) is 15.4 Å². The fourth-order valence-corrected chi connectivity index (χ4v) is 3.93. The highest BCUT2D eigenvalue weighted by atomic mass is 32.2. The number of rotatable bonds is 5. The van der Waals surface area contributed by atoms with Crippen molar-refractivity contribution >= 4 is 21.5 Å². The van der Waals surface area contributed by atoms with E-state index in [1.807, 2.05) is 18.2 Å². The van der Waals surface area contributed by atoms with Crippen LogP contribution in [0.3, 0.4) is 0 Å². The molecule has 0 aliphatic heterocycles. The number of carbonyl (C=O) groups is 1. The molecule has 0 unspecified atom stereocenters. The highest BCUT2D eigenvalue weighted by Gasteiger charge is 2.20. The second kappa shape index (κ2) is 7.60. The molecular weight excluding hydrogens is 370 g/mol. The van der Waals surface area contributed by atoms with E-state index in [0.29, 0.717) is 11.1 Å². The number of hydrogen-bond donors (Lipinski definition) is 1. The fraction of sp³-hybridized carbons (Fsp3) is 0.174. The number of carbonyl (C=O) groups excluding carboxylic acids is 1. The molecule has 28 heavy (non-hydrogen) atoms. The van der Waals surface area contributed by atoms with Crippen molar-refractivity contribution in [2.75, 3.05) is 4.72 Å². The SMILES string of the molecule is CC(C)(C)c1ccc(S(=O)(=O)Nc2ccccc2C(=O)c2ccccc2)cc1. The van der Waals surface area contributed by atoms with E-state index in [0.717, 1.165) is 5.56 Å². The Balaban J connectivity index is 1.92. The van der Waals surface area contributed by atoms with Gasteiger partial charge >= 0.3 is 0 Å². The summed E-state index contributed by atoms with van der Waals surface area (Å²) in [6.07, 6.45) is 0. The Labute approximate surface area is 166 Å². The Bertz CT molecular complexity index is 1080. The van der Waals surface area contributed by atoms with E-state index in [9.17, 15) is 13.2 Å². The average molecular weight is 394 g/mol. The van der Waals surface area contributed by atoms with E-state index >= 15 is 0 Å². The molecule has 0 bridgehead atoms. The van der Waals surface area contributed by atoms with Gasteiger partial charge in [0.2, 0.25) is 0 Å². The number of ketones is 1. The van der Waals surface area contributed by atoms with Crippen molar-refractivity contribution in [3.8, 4) is 0 Å². The molecular formula is C23H23NO3S. The highest BCUT2D eigenvalue weighted by Crippen LogP contribution is 2.26. The zero-order valence-corrected chi connectivity index (χ0v) is 17.0. The first kappa shape index (κ1) is 19.8. The minimum absolute atomic E-state index is 0.0651. The van der Waals surface area contributed by atoms with Crippen molar-refractivity contribution in [3.63, 3.8) is 0 Å². The predicted molar refractivity (Wildman–Crippen MR) is 112 cm³/mol. The van der Waals surface area contributed by atoms with E-state index in [-0.39, 0.29) is 21.8 Å². The smallest absolute Gasteiger partial charge is 0.261 e. The van der Waals surface area contributed by atoms with Gasteiger partial charge in [0, 0.05) is 11.1 Å². The summed E-state index contributed by atoms with van der Waals surface area (Å²) in [6.45, 7) is 6.21. The number of anilines is 1. The first-order valence-electron chi connectivity index (χ1n) is 9.01. The molecule has 0 saturated carbocycles. The molecule has 0 atom stereocenters. The van der Waals surface area contributed by atoms with Crippen LogP contribution >= 0.6 is 0 Å². The highest BCUT2D eigenvalue weighted by molar-refractivity contribution is 7.92. The van der Waals surface area contributed by atoms with E-state index < -0.39 is 10.0 Å². The second-order valence-electron chi connectivity index (χ2n) is 7.62. The number of benzene rings is 3. The summed E-state index contributed by atoms with van der Waals surface area (Å²) in [6, 6.07) is 22.2. The number of para-hydroxylation sites is 1. The molecule has 0 aromatic heterocycles. The maximum atomic E-state index is 12.9. The van der Waals surface area contributed by atoms with Gasteiger partial charge in [-0.15, -0.1) is 0 Å². The third-order valence-electron chi connectivity index (χ3n) is 4.48. The van der Waals surface area contributed by atoms with Gasteiger partial charge in [-0.05, 0) is 35.2 Å². The molecule has 0 aliphatic rings. The van der Waals surface area contributed by atoms with Gasteiger partial charge in [0.15, 0.2) is 5.78 Å². The van der Waals surface area contributed by atoms with Crippen LogP contribution in [0.1, 0.15) is 42.3 Å².